The Hall–Kier alpha value is -1.62. The zero-order valence-electron chi connectivity index (χ0n) is 7.93. The van der Waals surface area contributed by atoms with Crippen LogP contribution in [0.4, 0.5) is 0 Å². The number of carbonyl (C=O) groups is 1. The van der Waals surface area contributed by atoms with Crippen molar-refractivity contribution in [3.8, 4) is 0 Å². The SMILES string of the molecule is COC(=O)c1ccc2c(c1)C=CS2(=O)=O. The predicted molar refractivity (Wildman–Crippen MR) is 54.0 cm³/mol. The summed E-state index contributed by atoms with van der Waals surface area (Å²) in [4.78, 5) is 11.4. The first-order valence-corrected chi connectivity index (χ1v) is 5.75. The molecule has 0 fully saturated rings. The molecular weight excluding hydrogens is 216 g/mol. The molecule has 4 nitrogen and oxygen atoms in total. The van der Waals surface area contributed by atoms with Crippen LogP contribution in [0.25, 0.3) is 6.08 Å². The zero-order valence-corrected chi connectivity index (χ0v) is 8.74. The van der Waals surface area contributed by atoms with Crippen molar-refractivity contribution in [3.05, 3.63) is 34.7 Å². The molecule has 78 valence electrons. The third-order valence-corrected chi connectivity index (χ3v) is 3.64. The molecule has 0 N–H and O–H groups in total. The van der Waals surface area contributed by atoms with E-state index in [4.69, 9.17) is 0 Å². The van der Waals surface area contributed by atoms with E-state index >= 15 is 0 Å². The molecule has 1 aromatic rings. The van der Waals surface area contributed by atoms with Gasteiger partial charge < -0.3 is 4.74 Å². The van der Waals surface area contributed by atoms with Gasteiger partial charge in [-0.2, -0.15) is 0 Å². The first-order valence-electron chi connectivity index (χ1n) is 4.20. The molecule has 1 aliphatic rings. The van der Waals surface area contributed by atoms with Gasteiger partial charge in [0.15, 0.2) is 9.84 Å². The summed E-state index contributed by atoms with van der Waals surface area (Å²) in [5.41, 5.74) is 0.871. The number of ether oxygens (including phenoxy) is 1. The van der Waals surface area contributed by atoms with E-state index in [-0.39, 0.29) is 4.90 Å². The van der Waals surface area contributed by atoms with Gasteiger partial charge in [-0.1, -0.05) is 0 Å². The quantitative estimate of drug-likeness (QED) is 0.673. The lowest BCUT2D eigenvalue weighted by Gasteiger charge is -2.01. The highest BCUT2D eigenvalue weighted by Gasteiger charge is 2.21. The lowest BCUT2D eigenvalue weighted by molar-refractivity contribution is 0.0600. The predicted octanol–water partition coefficient (Wildman–Crippen LogP) is 1.23. The van der Waals surface area contributed by atoms with Gasteiger partial charge in [-0.15, -0.1) is 0 Å². The highest BCUT2D eigenvalue weighted by atomic mass is 32.2. The fourth-order valence-corrected chi connectivity index (χ4v) is 2.60. The molecule has 0 bridgehead atoms. The first kappa shape index (κ1) is 9.92. The second-order valence-electron chi connectivity index (χ2n) is 3.09. The molecule has 0 saturated heterocycles. The minimum atomic E-state index is -3.29. The number of sulfone groups is 1. The van der Waals surface area contributed by atoms with Gasteiger partial charge in [0.25, 0.3) is 0 Å². The second-order valence-corrected chi connectivity index (χ2v) is 4.89. The number of hydrogen-bond acceptors (Lipinski definition) is 4. The van der Waals surface area contributed by atoms with E-state index in [2.05, 4.69) is 4.74 Å². The third kappa shape index (κ3) is 1.55. The lowest BCUT2D eigenvalue weighted by atomic mass is 10.1. The first-order chi connectivity index (χ1) is 7.04. The van der Waals surface area contributed by atoms with Crippen LogP contribution in [0.2, 0.25) is 0 Å². The molecule has 1 heterocycles. The Morgan fingerprint density at radius 3 is 2.73 bits per heavy atom. The summed E-state index contributed by atoms with van der Waals surface area (Å²) in [5, 5.41) is 1.12. The van der Waals surface area contributed by atoms with Gasteiger partial charge in [0.1, 0.15) is 0 Å². The van der Waals surface area contributed by atoms with Gasteiger partial charge in [0, 0.05) is 5.41 Å². The summed E-state index contributed by atoms with van der Waals surface area (Å²) < 4.78 is 27.3. The van der Waals surface area contributed by atoms with E-state index in [1.54, 1.807) is 0 Å². The van der Waals surface area contributed by atoms with Crippen molar-refractivity contribution in [1.29, 1.82) is 0 Å². The summed E-state index contributed by atoms with van der Waals surface area (Å²) in [5.74, 6) is -0.476. The van der Waals surface area contributed by atoms with Gasteiger partial charge in [-0.3, -0.25) is 0 Å². The van der Waals surface area contributed by atoms with Gasteiger partial charge >= 0.3 is 5.97 Å². The number of rotatable bonds is 1. The average Bonchev–Trinajstić information content (AvgIpc) is 2.53. The molecule has 1 aromatic carbocycles. The molecular formula is C10H8O4S. The summed E-state index contributed by atoms with van der Waals surface area (Å²) in [6.45, 7) is 0. The summed E-state index contributed by atoms with van der Waals surface area (Å²) in [7, 11) is -2.01. The van der Waals surface area contributed by atoms with Crippen LogP contribution in [-0.4, -0.2) is 21.5 Å². The molecule has 0 spiro atoms. The number of benzene rings is 1. The molecule has 0 amide bonds. The van der Waals surface area contributed by atoms with E-state index in [0.29, 0.717) is 11.1 Å². The summed E-state index contributed by atoms with van der Waals surface area (Å²) in [6.07, 6.45) is 1.47. The van der Waals surface area contributed by atoms with Crippen molar-refractivity contribution < 1.29 is 17.9 Å². The van der Waals surface area contributed by atoms with Crippen molar-refractivity contribution in [1.82, 2.24) is 0 Å². The van der Waals surface area contributed by atoms with Crippen LogP contribution in [0.3, 0.4) is 0 Å². The van der Waals surface area contributed by atoms with Crippen LogP contribution in [0.5, 0.6) is 0 Å². The third-order valence-electron chi connectivity index (χ3n) is 2.16. The minimum Gasteiger partial charge on any atom is -0.465 e. The second kappa shape index (κ2) is 3.20. The molecule has 0 aromatic heterocycles. The van der Waals surface area contributed by atoms with E-state index in [0.717, 1.165) is 5.41 Å². The average molecular weight is 224 g/mol. The molecule has 0 saturated carbocycles. The fraction of sp³-hybridized carbons (Fsp3) is 0.100. The topological polar surface area (TPSA) is 60.4 Å². The van der Waals surface area contributed by atoms with E-state index in [9.17, 15) is 13.2 Å². The van der Waals surface area contributed by atoms with Gasteiger partial charge in [-0.25, -0.2) is 13.2 Å². The van der Waals surface area contributed by atoms with Crippen molar-refractivity contribution in [2.45, 2.75) is 4.90 Å². The van der Waals surface area contributed by atoms with Crippen LogP contribution < -0.4 is 0 Å². The minimum absolute atomic E-state index is 0.232. The Balaban J connectivity index is 2.56. The highest BCUT2D eigenvalue weighted by Crippen LogP contribution is 2.27. The number of hydrogen-bond donors (Lipinski definition) is 0. The zero-order chi connectivity index (χ0) is 11.1. The van der Waals surface area contributed by atoms with Crippen LogP contribution in [0, 0.1) is 0 Å². The standard InChI is InChI=1S/C10H8O4S/c1-14-10(11)8-2-3-9-7(6-8)4-5-15(9,12)13/h2-6H,1H3. The van der Waals surface area contributed by atoms with E-state index in [1.165, 1.54) is 31.4 Å². The maximum atomic E-state index is 11.4. The number of carbonyl (C=O) groups excluding carboxylic acids is 1. The molecule has 1 aliphatic heterocycles. The largest absolute Gasteiger partial charge is 0.465 e. The fourth-order valence-electron chi connectivity index (χ4n) is 1.42. The van der Waals surface area contributed by atoms with Crippen molar-refractivity contribution >= 4 is 21.9 Å². The molecule has 0 unspecified atom stereocenters. The monoisotopic (exact) mass is 224 g/mol. The van der Waals surface area contributed by atoms with Gasteiger partial charge in [0.2, 0.25) is 0 Å². The Kier molecular flexibility index (Phi) is 2.12. The molecule has 5 heteroatoms. The van der Waals surface area contributed by atoms with Crippen LogP contribution in [-0.2, 0) is 14.6 Å². The van der Waals surface area contributed by atoms with E-state index < -0.39 is 15.8 Å². The number of methoxy groups -OCH3 is 1. The summed E-state index contributed by atoms with van der Waals surface area (Å²) >= 11 is 0. The molecule has 15 heavy (non-hydrogen) atoms. The van der Waals surface area contributed by atoms with Gasteiger partial charge in [-0.05, 0) is 29.8 Å². The molecule has 0 atom stereocenters. The van der Waals surface area contributed by atoms with E-state index in [1.807, 2.05) is 0 Å². The van der Waals surface area contributed by atoms with Crippen molar-refractivity contribution in [3.63, 3.8) is 0 Å². The number of esters is 1. The van der Waals surface area contributed by atoms with Crippen LogP contribution >= 0.6 is 0 Å². The van der Waals surface area contributed by atoms with Crippen molar-refractivity contribution in [2.75, 3.05) is 7.11 Å². The number of fused-ring (bicyclic) bond motifs is 1. The smallest absolute Gasteiger partial charge is 0.337 e. The maximum absolute atomic E-state index is 11.4. The molecule has 0 radical (unpaired) electrons. The lowest BCUT2D eigenvalue weighted by Crippen LogP contribution is -2.02. The highest BCUT2D eigenvalue weighted by molar-refractivity contribution is 7.94. The van der Waals surface area contributed by atoms with Gasteiger partial charge in [0.05, 0.1) is 17.6 Å². The Morgan fingerprint density at radius 1 is 1.33 bits per heavy atom. The summed E-state index contributed by atoms with van der Waals surface area (Å²) in [6, 6.07) is 4.36. The van der Waals surface area contributed by atoms with Crippen LogP contribution in [0.15, 0.2) is 28.5 Å². The Morgan fingerprint density at radius 2 is 2.07 bits per heavy atom. The van der Waals surface area contributed by atoms with Crippen LogP contribution in [0.1, 0.15) is 15.9 Å². The normalized spacial score (nSPS) is 16.1. The van der Waals surface area contributed by atoms with Crippen molar-refractivity contribution in [2.24, 2.45) is 0 Å². The molecule has 0 aliphatic carbocycles. The Bertz CT molecular complexity index is 555. The Labute approximate surface area is 87.1 Å². The maximum Gasteiger partial charge on any atom is 0.337 e. The molecule has 2 rings (SSSR count).